The van der Waals surface area contributed by atoms with Crippen LogP contribution in [0.15, 0.2) is 29.3 Å². The fourth-order valence-corrected chi connectivity index (χ4v) is 3.86. The molecule has 9 nitrogen and oxygen atoms in total. The molecule has 2 aliphatic rings. The molecule has 3 aromatic rings. The molecule has 0 radical (unpaired) electrons. The molecule has 1 aliphatic heterocycles. The summed E-state index contributed by atoms with van der Waals surface area (Å²) in [5.74, 6) is 1.05. The van der Waals surface area contributed by atoms with Gasteiger partial charge in [0.1, 0.15) is 11.5 Å². The van der Waals surface area contributed by atoms with Crippen molar-refractivity contribution in [2.45, 2.75) is 32.1 Å². The first-order valence-electron chi connectivity index (χ1n) is 10.5. The Morgan fingerprint density at radius 2 is 2.12 bits per heavy atom. The van der Waals surface area contributed by atoms with Crippen LogP contribution in [0.1, 0.15) is 24.2 Å². The number of carbonyl (C=O) groups is 1. The number of rotatable bonds is 8. The summed E-state index contributed by atoms with van der Waals surface area (Å²) in [6.07, 6.45) is -0.767. The van der Waals surface area contributed by atoms with Crippen LogP contribution in [0.3, 0.4) is 0 Å². The lowest BCUT2D eigenvalue weighted by Crippen LogP contribution is -2.11. The number of aromatic nitrogens is 5. The van der Waals surface area contributed by atoms with Crippen LogP contribution in [-0.2, 0) is 24.7 Å². The number of ether oxygens (including phenoxy) is 1. The summed E-state index contributed by atoms with van der Waals surface area (Å²) in [5, 5.41) is 15.4. The molecule has 0 spiro atoms. The molecule has 0 atom stereocenters. The molecule has 0 unspecified atom stereocenters. The first kappa shape index (κ1) is 21.1. The number of anilines is 2. The highest BCUT2D eigenvalue weighted by Crippen LogP contribution is 2.41. The zero-order valence-corrected chi connectivity index (χ0v) is 18.0. The SMILES string of the molecule is COc1c(Nc2cc(CC(=O)C3CC3)nc3c2N=C(C(F)F)C3)cccc1-c1nnn(C)n1. The summed E-state index contributed by atoms with van der Waals surface area (Å²) in [4.78, 5) is 22.3. The number of methoxy groups -OCH3 is 1. The predicted molar refractivity (Wildman–Crippen MR) is 117 cm³/mol. The predicted octanol–water partition coefficient (Wildman–Crippen LogP) is 3.44. The lowest BCUT2D eigenvalue weighted by atomic mass is 10.1. The van der Waals surface area contributed by atoms with Crippen molar-refractivity contribution in [3.05, 3.63) is 35.7 Å². The Morgan fingerprint density at radius 1 is 1.30 bits per heavy atom. The van der Waals surface area contributed by atoms with Gasteiger partial charge in [0.05, 0.1) is 48.2 Å². The molecule has 0 bridgehead atoms. The number of benzene rings is 1. The number of ketones is 1. The van der Waals surface area contributed by atoms with Crippen molar-refractivity contribution in [1.82, 2.24) is 25.2 Å². The van der Waals surface area contributed by atoms with E-state index in [9.17, 15) is 13.6 Å². The Kier molecular flexibility index (Phi) is 5.31. The van der Waals surface area contributed by atoms with Crippen LogP contribution in [0.25, 0.3) is 11.4 Å². The summed E-state index contributed by atoms with van der Waals surface area (Å²) in [6.45, 7) is 0. The third-order valence-corrected chi connectivity index (χ3v) is 5.60. The summed E-state index contributed by atoms with van der Waals surface area (Å²) in [5.41, 5.74) is 2.73. The van der Waals surface area contributed by atoms with Crippen LogP contribution in [-0.4, -0.2) is 50.2 Å². The molecule has 11 heteroatoms. The quantitative estimate of drug-likeness (QED) is 0.557. The van der Waals surface area contributed by atoms with Crippen molar-refractivity contribution < 1.29 is 18.3 Å². The van der Waals surface area contributed by atoms with Crippen LogP contribution in [0.4, 0.5) is 25.8 Å². The average Bonchev–Trinajstić information content (AvgIpc) is 3.41. The maximum Gasteiger partial charge on any atom is 0.277 e. The van der Waals surface area contributed by atoms with Crippen molar-refractivity contribution in [3.63, 3.8) is 0 Å². The number of fused-ring (bicyclic) bond motifs is 1. The first-order valence-corrected chi connectivity index (χ1v) is 10.5. The number of carbonyl (C=O) groups excluding carboxylic acids is 1. The molecular weight excluding hydrogens is 432 g/mol. The number of aryl methyl sites for hydroxylation is 1. The Balaban J connectivity index is 1.55. The molecule has 5 rings (SSSR count). The van der Waals surface area contributed by atoms with E-state index in [1.54, 1.807) is 31.3 Å². The monoisotopic (exact) mass is 453 g/mol. The third-order valence-electron chi connectivity index (χ3n) is 5.60. The largest absolute Gasteiger partial charge is 0.494 e. The van der Waals surface area contributed by atoms with Crippen molar-refractivity contribution in [1.29, 1.82) is 0 Å². The van der Waals surface area contributed by atoms with Gasteiger partial charge in [-0.3, -0.25) is 9.78 Å². The zero-order chi connectivity index (χ0) is 23.1. The van der Waals surface area contributed by atoms with Gasteiger partial charge in [0.15, 0.2) is 5.75 Å². The lowest BCUT2D eigenvalue weighted by Gasteiger charge is -2.16. The summed E-state index contributed by atoms with van der Waals surface area (Å²) >= 11 is 0. The fourth-order valence-electron chi connectivity index (χ4n) is 3.86. The van der Waals surface area contributed by atoms with Crippen molar-refractivity contribution in [3.8, 4) is 17.1 Å². The minimum atomic E-state index is -2.68. The van der Waals surface area contributed by atoms with Gasteiger partial charge in [0, 0.05) is 18.8 Å². The molecule has 33 heavy (non-hydrogen) atoms. The van der Waals surface area contributed by atoms with Gasteiger partial charge in [-0.1, -0.05) is 6.07 Å². The summed E-state index contributed by atoms with van der Waals surface area (Å²) in [6, 6.07) is 7.07. The first-order chi connectivity index (χ1) is 15.9. The standard InChI is InChI=1S/C22H21F2N7O2/c1-31-29-22(28-30-31)13-4-3-5-14(20(13)33-2)26-15-8-12(9-18(32)11-6-7-11)25-16-10-17(21(23)24)27-19(15)16/h3-5,8,11,21H,6-7,9-10H2,1-2H3,(H,25,26). The molecule has 1 aromatic carbocycles. The Hall–Kier alpha value is -3.76. The minimum Gasteiger partial charge on any atom is -0.494 e. The maximum atomic E-state index is 13.4. The van der Waals surface area contributed by atoms with E-state index in [1.165, 1.54) is 11.9 Å². The van der Waals surface area contributed by atoms with Crippen LogP contribution < -0.4 is 10.1 Å². The number of hydrogen-bond donors (Lipinski definition) is 1. The van der Waals surface area contributed by atoms with Crippen molar-refractivity contribution in [2.75, 3.05) is 12.4 Å². The molecule has 170 valence electrons. The van der Waals surface area contributed by atoms with E-state index >= 15 is 0 Å². The molecule has 0 saturated heterocycles. The van der Waals surface area contributed by atoms with E-state index in [1.807, 2.05) is 0 Å². The van der Waals surface area contributed by atoms with Crippen LogP contribution in [0.5, 0.6) is 5.75 Å². The van der Waals surface area contributed by atoms with E-state index in [-0.39, 0.29) is 30.3 Å². The molecule has 1 aliphatic carbocycles. The van der Waals surface area contributed by atoms with E-state index in [2.05, 4.69) is 30.7 Å². The van der Waals surface area contributed by atoms with E-state index in [0.717, 1.165) is 12.8 Å². The molecular formula is C22H21F2N7O2. The average molecular weight is 453 g/mol. The second-order valence-corrected chi connectivity index (χ2v) is 8.07. The number of hydrogen-bond acceptors (Lipinski definition) is 8. The van der Waals surface area contributed by atoms with E-state index < -0.39 is 6.43 Å². The number of para-hydroxylation sites is 1. The lowest BCUT2D eigenvalue weighted by molar-refractivity contribution is -0.119. The number of alkyl halides is 2. The highest BCUT2D eigenvalue weighted by atomic mass is 19.3. The van der Waals surface area contributed by atoms with Gasteiger partial charge in [0.25, 0.3) is 6.43 Å². The topological polar surface area (TPSA) is 107 Å². The number of halogens is 2. The number of Topliss-reactive ketones (excluding diaryl/α,β-unsaturated/α-hetero) is 1. The van der Waals surface area contributed by atoms with Gasteiger partial charge in [0.2, 0.25) is 5.82 Å². The Labute approximate surface area is 187 Å². The van der Waals surface area contributed by atoms with E-state index in [0.29, 0.717) is 45.6 Å². The molecule has 3 heterocycles. The summed E-state index contributed by atoms with van der Waals surface area (Å²) < 4.78 is 32.4. The second kappa shape index (κ2) is 8.30. The summed E-state index contributed by atoms with van der Waals surface area (Å²) in [7, 11) is 3.18. The van der Waals surface area contributed by atoms with Gasteiger partial charge in [-0.25, -0.2) is 13.8 Å². The van der Waals surface area contributed by atoms with Gasteiger partial charge in [-0.05, 0) is 36.3 Å². The molecule has 1 saturated carbocycles. The normalized spacial score (nSPS) is 14.9. The van der Waals surface area contributed by atoms with Crippen molar-refractivity contribution in [2.24, 2.45) is 18.0 Å². The van der Waals surface area contributed by atoms with Gasteiger partial charge in [-0.15, -0.1) is 10.2 Å². The highest BCUT2D eigenvalue weighted by Gasteiger charge is 2.31. The van der Waals surface area contributed by atoms with Gasteiger partial charge in [-0.2, -0.15) is 4.80 Å². The van der Waals surface area contributed by atoms with Crippen molar-refractivity contribution >= 4 is 28.6 Å². The minimum absolute atomic E-state index is 0.0478. The van der Waals surface area contributed by atoms with Gasteiger partial charge < -0.3 is 10.1 Å². The number of nitrogens with zero attached hydrogens (tertiary/aromatic N) is 6. The number of nitrogens with one attached hydrogen (secondary N) is 1. The smallest absolute Gasteiger partial charge is 0.277 e. The molecule has 1 N–H and O–H groups in total. The fraction of sp³-hybridized carbons (Fsp3) is 0.364. The van der Waals surface area contributed by atoms with Crippen LogP contribution >= 0.6 is 0 Å². The Morgan fingerprint density at radius 3 is 2.79 bits per heavy atom. The zero-order valence-electron chi connectivity index (χ0n) is 18.0. The van der Waals surface area contributed by atoms with Crippen LogP contribution in [0, 0.1) is 5.92 Å². The number of tetrazole rings is 1. The molecule has 0 amide bonds. The van der Waals surface area contributed by atoms with Crippen LogP contribution in [0.2, 0.25) is 0 Å². The molecule has 2 aromatic heterocycles. The molecule has 1 fully saturated rings. The number of aliphatic imine (C=N–C) groups is 1. The number of pyridine rings is 1. The van der Waals surface area contributed by atoms with Gasteiger partial charge >= 0.3 is 0 Å². The Bertz CT molecular complexity index is 1270. The maximum absolute atomic E-state index is 13.4. The third kappa shape index (κ3) is 4.18. The second-order valence-electron chi connectivity index (χ2n) is 8.07. The highest BCUT2D eigenvalue weighted by molar-refractivity contribution is 5.99. The van der Waals surface area contributed by atoms with E-state index in [4.69, 9.17) is 4.74 Å².